The predicted molar refractivity (Wildman–Crippen MR) is 171 cm³/mol. The molecule has 1 N–H and O–H groups in total. The number of H-pyrrole nitrogens is 1. The van der Waals surface area contributed by atoms with E-state index in [4.69, 9.17) is 8.94 Å². The van der Waals surface area contributed by atoms with Crippen LogP contribution in [0.4, 0.5) is 0 Å². The number of para-hydroxylation sites is 1. The zero-order chi connectivity index (χ0) is 31.7. The maximum Gasteiger partial charge on any atom is 0.439 e. The molecule has 10 heteroatoms. The second-order valence-corrected chi connectivity index (χ2v) is 10.9. The van der Waals surface area contributed by atoms with Gasteiger partial charge in [-0.1, -0.05) is 84.4 Å². The number of aromatic nitrogens is 4. The zero-order valence-electron chi connectivity index (χ0n) is 25.0. The maximum absolute atomic E-state index is 13.8. The number of fused-ring (bicyclic) bond motifs is 1. The van der Waals surface area contributed by atoms with Crippen molar-refractivity contribution in [2.75, 3.05) is 0 Å². The number of hydrogen-bond acceptors (Lipinski definition) is 7. The Labute approximate surface area is 256 Å². The molecule has 45 heavy (non-hydrogen) atoms. The molecule has 0 atom stereocenters. The number of Topliss-reactive ketones (excluding diaryl/α,β-unsaturated/α-hetero) is 1. The van der Waals surface area contributed by atoms with Gasteiger partial charge in [-0.3, -0.25) is 28.2 Å². The highest BCUT2D eigenvalue weighted by Gasteiger charge is 2.20. The number of allylic oxidation sites excluding steroid dienone is 1. The molecule has 0 aliphatic rings. The highest BCUT2D eigenvalue weighted by Crippen LogP contribution is 2.30. The van der Waals surface area contributed by atoms with Gasteiger partial charge in [-0.15, -0.1) is 0 Å². The number of aromatic amines is 1. The van der Waals surface area contributed by atoms with Gasteiger partial charge in [0.15, 0.2) is 11.6 Å². The Balaban J connectivity index is 1.37. The number of rotatable bonds is 9. The third-order valence-electron chi connectivity index (χ3n) is 7.91. The van der Waals surface area contributed by atoms with E-state index in [1.165, 1.54) is 4.57 Å². The molecule has 0 aliphatic heterocycles. The molecule has 0 spiro atoms. The summed E-state index contributed by atoms with van der Waals surface area (Å²) in [4.78, 5) is 54.9. The fourth-order valence-electron chi connectivity index (χ4n) is 5.26. The van der Waals surface area contributed by atoms with Crippen LogP contribution in [0.25, 0.3) is 39.6 Å². The van der Waals surface area contributed by atoms with E-state index in [9.17, 15) is 19.2 Å². The molecular formula is C35H30N4O6. The minimum atomic E-state index is -0.639. The van der Waals surface area contributed by atoms with Crippen molar-refractivity contribution in [1.29, 1.82) is 0 Å². The third kappa shape index (κ3) is 5.77. The summed E-state index contributed by atoms with van der Waals surface area (Å²) in [5.41, 5.74) is 4.49. The monoisotopic (exact) mass is 602 g/mol. The third-order valence-corrected chi connectivity index (χ3v) is 7.91. The van der Waals surface area contributed by atoms with E-state index in [0.29, 0.717) is 28.2 Å². The summed E-state index contributed by atoms with van der Waals surface area (Å²) in [5, 5.41) is 4.58. The van der Waals surface area contributed by atoms with Crippen molar-refractivity contribution in [2.24, 2.45) is 0 Å². The van der Waals surface area contributed by atoms with Crippen molar-refractivity contribution in [3.8, 4) is 22.5 Å². The number of carbonyl (C=O) groups excluding carboxylic acids is 1. The number of furan rings is 1. The molecule has 0 radical (unpaired) electrons. The summed E-state index contributed by atoms with van der Waals surface area (Å²) in [7, 11) is 0. The van der Waals surface area contributed by atoms with Crippen LogP contribution in [0.5, 0.6) is 0 Å². The second kappa shape index (κ2) is 12.1. The van der Waals surface area contributed by atoms with Gasteiger partial charge in [0, 0.05) is 16.6 Å². The van der Waals surface area contributed by atoms with Gasteiger partial charge in [0.2, 0.25) is 5.78 Å². The van der Waals surface area contributed by atoms with E-state index >= 15 is 0 Å². The van der Waals surface area contributed by atoms with E-state index in [1.54, 1.807) is 25.1 Å². The van der Waals surface area contributed by atoms with Crippen LogP contribution in [0.2, 0.25) is 0 Å². The summed E-state index contributed by atoms with van der Waals surface area (Å²) < 4.78 is 12.9. The minimum absolute atomic E-state index is 0.0852. The van der Waals surface area contributed by atoms with E-state index in [0.717, 1.165) is 38.6 Å². The van der Waals surface area contributed by atoms with Crippen LogP contribution in [0, 0.1) is 6.92 Å². The van der Waals surface area contributed by atoms with E-state index < -0.39 is 29.3 Å². The lowest BCUT2D eigenvalue weighted by Crippen LogP contribution is -2.44. The number of ketones is 1. The molecule has 3 aromatic heterocycles. The fourth-order valence-corrected chi connectivity index (χ4v) is 5.26. The molecule has 6 rings (SSSR count). The average Bonchev–Trinajstić information content (AvgIpc) is 3.70. The molecule has 0 aliphatic carbocycles. The van der Waals surface area contributed by atoms with Crippen molar-refractivity contribution in [3.63, 3.8) is 0 Å². The van der Waals surface area contributed by atoms with Gasteiger partial charge >= 0.3 is 11.4 Å². The van der Waals surface area contributed by atoms with E-state index in [1.807, 2.05) is 80.6 Å². The summed E-state index contributed by atoms with van der Waals surface area (Å²) in [6.45, 7) is 5.37. The van der Waals surface area contributed by atoms with Gasteiger partial charge in [0.05, 0.1) is 18.7 Å². The summed E-state index contributed by atoms with van der Waals surface area (Å²) >= 11 is 0. The van der Waals surface area contributed by atoms with Crippen LogP contribution < -0.4 is 17.0 Å². The van der Waals surface area contributed by atoms with Crippen LogP contribution >= 0.6 is 0 Å². The largest absolute Gasteiger partial charge is 0.453 e. The summed E-state index contributed by atoms with van der Waals surface area (Å²) in [6.07, 6.45) is 2.51. The van der Waals surface area contributed by atoms with Gasteiger partial charge in [0.25, 0.3) is 5.56 Å². The summed E-state index contributed by atoms with van der Waals surface area (Å²) in [6, 6.07) is 23.9. The van der Waals surface area contributed by atoms with Crippen LogP contribution in [0.3, 0.4) is 0 Å². The van der Waals surface area contributed by atoms with Gasteiger partial charge < -0.3 is 4.42 Å². The molecule has 0 fully saturated rings. The average molecular weight is 603 g/mol. The molecule has 0 amide bonds. The van der Waals surface area contributed by atoms with Crippen molar-refractivity contribution < 1.29 is 13.7 Å². The highest BCUT2D eigenvalue weighted by atomic mass is 16.5. The lowest BCUT2D eigenvalue weighted by Gasteiger charge is -2.16. The lowest BCUT2D eigenvalue weighted by atomic mass is 9.98. The number of hydrogen-bond donors (Lipinski definition) is 1. The van der Waals surface area contributed by atoms with Crippen molar-refractivity contribution in [2.45, 2.75) is 40.3 Å². The standard InChI is InChI=1S/C35H30N4O6/c1-4-21(2)17-28-22(3)38(35(43)39(33(28)41)20-29(40)31-18-25-9-5-8-12-30(25)44-31)19-23-13-15-24(16-14-23)26-10-6-7-11-27(26)32-36-34(42)45-37-32/h5-18H,4,19-20H2,1-3H3,(H,36,37,42)/b21-17+. The molecular weight excluding hydrogens is 572 g/mol. The van der Waals surface area contributed by atoms with Gasteiger partial charge in [0.1, 0.15) is 5.58 Å². The fraction of sp³-hybridized carbons (Fsp3) is 0.171. The predicted octanol–water partition coefficient (Wildman–Crippen LogP) is 5.82. The Morgan fingerprint density at radius 3 is 2.33 bits per heavy atom. The number of nitrogens with zero attached hydrogens (tertiary/aromatic N) is 3. The Morgan fingerprint density at radius 1 is 0.933 bits per heavy atom. The Morgan fingerprint density at radius 2 is 1.64 bits per heavy atom. The molecule has 226 valence electrons. The molecule has 0 bridgehead atoms. The minimum Gasteiger partial charge on any atom is -0.453 e. The topological polar surface area (TPSA) is 133 Å². The molecule has 10 nitrogen and oxygen atoms in total. The lowest BCUT2D eigenvalue weighted by molar-refractivity contribution is 0.0943. The van der Waals surface area contributed by atoms with Gasteiger partial charge in [-0.25, -0.2) is 9.59 Å². The van der Waals surface area contributed by atoms with Gasteiger partial charge in [-0.2, -0.15) is 0 Å². The first kappa shape index (κ1) is 29.3. The number of benzene rings is 3. The zero-order valence-corrected chi connectivity index (χ0v) is 25.0. The highest BCUT2D eigenvalue weighted by molar-refractivity contribution is 5.97. The number of carbonyl (C=O) groups is 1. The van der Waals surface area contributed by atoms with Gasteiger partial charge in [-0.05, 0) is 55.2 Å². The maximum atomic E-state index is 13.8. The molecule has 0 saturated heterocycles. The van der Waals surface area contributed by atoms with Crippen LogP contribution in [0.15, 0.2) is 108 Å². The SMILES string of the molecule is CC/C(C)=C/c1c(C)n(Cc2ccc(-c3ccccc3-c3noc(=O)[nH]3)cc2)c(=O)n(CC(=O)c2cc3ccccc3o2)c1=O. The second-order valence-electron chi connectivity index (χ2n) is 10.9. The normalized spacial score (nSPS) is 11.8. The molecule has 3 aromatic carbocycles. The summed E-state index contributed by atoms with van der Waals surface area (Å²) in [5.74, 6) is -0.703. The van der Waals surface area contributed by atoms with Crippen molar-refractivity contribution in [3.05, 3.63) is 138 Å². The van der Waals surface area contributed by atoms with Crippen molar-refractivity contribution in [1.82, 2.24) is 19.3 Å². The quantitative estimate of drug-likeness (QED) is 0.206. The van der Waals surface area contributed by atoms with Crippen molar-refractivity contribution >= 4 is 22.8 Å². The Kier molecular flexibility index (Phi) is 7.87. The first-order chi connectivity index (χ1) is 21.7. The molecule has 0 unspecified atom stereocenters. The van der Waals surface area contributed by atoms with E-state index in [-0.39, 0.29) is 12.3 Å². The first-order valence-corrected chi connectivity index (χ1v) is 14.5. The van der Waals surface area contributed by atoms with Crippen LogP contribution in [-0.2, 0) is 13.1 Å². The Bertz CT molecular complexity index is 2230. The molecule has 6 aromatic rings. The smallest absolute Gasteiger partial charge is 0.439 e. The molecule has 0 saturated carbocycles. The first-order valence-electron chi connectivity index (χ1n) is 14.5. The number of nitrogens with one attached hydrogen (secondary N) is 1. The van der Waals surface area contributed by atoms with Crippen LogP contribution in [-0.4, -0.2) is 25.1 Å². The van der Waals surface area contributed by atoms with Crippen LogP contribution in [0.1, 0.15) is 47.6 Å². The molecule has 3 heterocycles. The Hall–Kier alpha value is -5.77. The van der Waals surface area contributed by atoms with E-state index in [2.05, 4.69) is 10.1 Å².